The van der Waals surface area contributed by atoms with Crippen LogP contribution in [-0.2, 0) is 0 Å². The van der Waals surface area contributed by atoms with Crippen LogP contribution in [0.4, 0.5) is 0 Å². The predicted molar refractivity (Wildman–Crippen MR) is 55.5 cm³/mol. The van der Waals surface area contributed by atoms with Gasteiger partial charge < -0.3 is 5.73 Å². The van der Waals surface area contributed by atoms with Crippen LogP contribution in [0.15, 0.2) is 0 Å². The lowest BCUT2D eigenvalue weighted by molar-refractivity contribution is 0.120. The molecular weight excluding hydrogens is 160 g/mol. The van der Waals surface area contributed by atoms with Gasteiger partial charge in [-0.15, -0.1) is 0 Å². The molecule has 0 radical (unpaired) electrons. The standard InChI is InChI=1S/C11H22N2/c1-9-3-2-6-13(8-9)11(7-12)10-4-5-10/h9-11H,2-8,12H2,1H3. The summed E-state index contributed by atoms with van der Waals surface area (Å²) in [6.45, 7) is 5.82. The van der Waals surface area contributed by atoms with Gasteiger partial charge in [-0.05, 0) is 44.1 Å². The number of hydrogen-bond acceptors (Lipinski definition) is 2. The first-order valence-corrected chi connectivity index (χ1v) is 5.75. The maximum atomic E-state index is 5.85. The van der Waals surface area contributed by atoms with Crippen molar-refractivity contribution >= 4 is 0 Å². The third kappa shape index (κ3) is 2.23. The molecule has 2 heteroatoms. The van der Waals surface area contributed by atoms with Crippen LogP contribution in [0.5, 0.6) is 0 Å². The molecule has 2 aliphatic rings. The van der Waals surface area contributed by atoms with Gasteiger partial charge in [-0.25, -0.2) is 0 Å². The Kier molecular flexibility index (Phi) is 2.89. The highest BCUT2D eigenvalue weighted by Gasteiger charge is 2.35. The lowest BCUT2D eigenvalue weighted by Gasteiger charge is -2.37. The number of piperidine rings is 1. The van der Waals surface area contributed by atoms with Crippen molar-refractivity contribution in [1.29, 1.82) is 0 Å². The van der Waals surface area contributed by atoms with Gasteiger partial charge in [0.2, 0.25) is 0 Å². The monoisotopic (exact) mass is 182 g/mol. The van der Waals surface area contributed by atoms with Crippen LogP contribution in [0.25, 0.3) is 0 Å². The molecule has 2 N–H and O–H groups in total. The largest absolute Gasteiger partial charge is 0.329 e. The Hall–Kier alpha value is -0.0800. The SMILES string of the molecule is CC1CCCN(C(CN)C2CC2)C1. The maximum Gasteiger partial charge on any atom is 0.0246 e. The van der Waals surface area contributed by atoms with Gasteiger partial charge in [0, 0.05) is 19.1 Å². The molecule has 2 atom stereocenters. The summed E-state index contributed by atoms with van der Waals surface area (Å²) in [5.74, 6) is 1.83. The van der Waals surface area contributed by atoms with Crippen LogP contribution >= 0.6 is 0 Å². The van der Waals surface area contributed by atoms with Crippen LogP contribution in [0.2, 0.25) is 0 Å². The minimum absolute atomic E-state index is 0.711. The molecule has 1 saturated carbocycles. The molecule has 0 spiro atoms. The first-order valence-electron chi connectivity index (χ1n) is 5.75. The third-order valence-corrected chi connectivity index (χ3v) is 3.57. The Morgan fingerprint density at radius 1 is 1.38 bits per heavy atom. The molecule has 2 unspecified atom stereocenters. The number of rotatable bonds is 3. The third-order valence-electron chi connectivity index (χ3n) is 3.57. The molecule has 1 saturated heterocycles. The van der Waals surface area contributed by atoms with E-state index in [1.807, 2.05) is 0 Å². The Labute approximate surface area is 81.5 Å². The van der Waals surface area contributed by atoms with E-state index in [2.05, 4.69) is 11.8 Å². The fourth-order valence-corrected chi connectivity index (χ4v) is 2.65. The van der Waals surface area contributed by atoms with E-state index in [-0.39, 0.29) is 0 Å². The second kappa shape index (κ2) is 3.97. The molecule has 2 rings (SSSR count). The maximum absolute atomic E-state index is 5.85. The van der Waals surface area contributed by atoms with Crippen molar-refractivity contribution in [1.82, 2.24) is 4.90 Å². The molecule has 76 valence electrons. The topological polar surface area (TPSA) is 29.3 Å². The first-order chi connectivity index (χ1) is 6.31. The number of hydrogen-bond donors (Lipinski definition) is 1. The molecule has 13 heavy (non-hydrogen) atoms. The molecule has 0 aromatic heterocycles. The van der Waals surface area contributed by atoms with Crippen molar-refractivity contribution < 1.29 is 0 Å². The van der Waals surface area contributed by atoms with Crippen molar-refractivity contribution in [3.8, 4) is 0 Å². The molecule has 1 aliphatic carbocycles. The lowest BCUT2D eigenvalue weighted by Crippen LogP contribution is -2.46. The van der Waals surface area contributed by atoms with Gasteiger partial charge in [-0.3, -0.25) is 4.90 Å². The Balaban J connectivity index is 1.88. The molecule has 2 fully saturated rings. The van der Waals surface area contributed by atoms with Crippen LogP contribution in [0.3, 0.4) is 0 Å². The van der Waals surface area contributed by atoms with Gasteiger partial charge in [0.15, 0.2) is 0 Å². The normalized spacial score (nSPS) is 33.2. The average molecular weight is 182 g/mol. The van der Waals surface area contributed by atoms with Crippen molar-refractivity contribution in [3.05, 3.63) is 0 Å². The van der Waals surface area contributed by atoms with Crippen molar-refractivity contribution in [2.75, 3.05) is 19.6 Å². The highest BCUT2D eigenvalue weighted by Crippen LogP contribution is 2.36. The highest BCUT2D eigenvalue weighted by molar-refractivity contribution is 4.90. The lowest BCUT2D eigenvalue weighted by atomic mass is 9.97. The summed E-state index contributed by atoms with van der Waals surface area (Å²) in [5, 5.41) is 0. The molecule has 0 aromatic carbocycles. The Morgan fingerprint density at radius 3 is 2.69 bits per heavy atom. The van der Waals surface area contributed by atoms with E-state index in [0.717, 1.165) is 18.4 Å². The molecule has 0 aromatic rings. The van der Waals surface area contributed by atoms with E-state index in [1.54, 1.807) is 0 Å². The minimum Gasteiger partial charge on any atom is -0.329 e. The second-order valence-electron chi connectivity index (χ2n) is 4.88. The molecule has 2 nitrogen and oxygen atoms in total. The van der Waals surface area contributed by atoms with Crippen LogP contribution < -0.4 is 5.73 Å². The van der Waals surface area contributed by atoms with Crippen LogP contribution in [0.1, 0.15) is 32.6 Å². The average Bonchev–Trinajstić information content (AvgIpc) is 2.90. The van der Waals surface area contributed by atoms with Crippen molar-refractivity contribution in [2.45, 2.75) is 38.6 Å². The summed E-state index contributed by atoms with van der Waals surface area (Å²) in [7, 11) is 0. The Morgan fingerprint density at radius 2 is 2.15 bits per heavy atom. The second-order valence-corrected chi connectivity index (χ2v) is 4.88. The van der Waals surface area contributed by atoms with Gasteiger partial charge in [0.25, 0.3) is 0 Å². The zero-order valence-electron chi connectivity index (χ0n) is 8.71. The quantitative estimate of drug-likeness (QED) is 0.716. The summed E-state index contributed by atoms with van der Waals surface area (Å²) in [6.07, 6.45) is 5.64. The molecule has 1 aliphatic heterocycles. The van der Waals surface area contributed by atoms with E-state index in [0.29, 0.717) is 6.04 Å². The Bertz CT molecular complexity index is 165. The summed E-state index contributed by atoms with van der Waals surface area (Å²) < 4.78 is 0. The van der Waals surface area contributed by atoms with E-state index < -0.39 is 0 Å². The zero-order chi connectivity index (χ0) is 9.26. The summed E-state index contributed by atoms with van der Waals surface area (Å²) >= 11 is 0. The number of likely N-dealkylation sites (tertiary alicyclic amines) is 1. The van der Waals surface area contributed by atoms with E-state index >= 15 is 0 Å². The minimum atomic E-state index is 0.711. The molecule has 0 amide bonds. The van der Waals surface area contributed by atoms with E-state index in [1.165, 1.54) is 38.8 Å². The molecular formula is C11H22N2. The molecule has 0 bridgehead atoms. The first kappa shape index (κ1) is 9.47. The van der Waals surface area contributed by atoms with E-state index in [9.17, 15) is 0 Å². The van der Waals surface area contributed by atoms with Gasteiger partial charge in [0.1, 0.15) is 0 Å². The summed E-state index contributed by atoms with van der Waals surface area (Å²) in [4.78, 5) is 2.64. The molecule has 1 heterocycles. The van der Waals surface area contributed by atoms with Gasteiger partial charge in [-0.1, -0.05) is 6.92 Å². The van der Waals surface area contributed by atoms with Crippen LogP contribution in [0, 0.1) is 11.8 Å². The van der Waals surface area contributed by atoms with Crippen LogP contribution in [-0.4, -0.2) is 30.6 Å². The van der Waals surface area contributed by atoms with Crippen molar-refractivity contribution in [3.63, 3.8) is 0 Å². The van der Waals surface area contributed by atoms with Gasteiger partial charge in [-0.2, -0.15) is 0 Å². The smallest absolute Gasteiger partial charge is 0.0246 e. The van der Waals surface area contributed by atoms with Gasteiger partial charge in [0.05, 0.1) is 0 Å². The van der Waals surface area contributed by atoms with Crippen molar-refractivity contribution in [2.24, 2.45) is 17.6 Å². The fourth-order valence-electron chi connectivity index (χ4n) is 2.65. The summed E-state index contributed by atoms with van der Waals surface area (Å²) in [5.41, 5.74) is 5.85. The summed E-state index contributed by atoms with van der Waals surface area (Å²) in [6, 6.07) is 0.711. The predicted octanol–water partition coefficient (Wildman–Crippen LogP) is 1.46. The fraction of sp³-hybridized carbons (Fsp3) is 1.00. The highest BCUT2D eigenvalue weighted by atomic mass is 15.2. The number of nitrogens with zero attached hydrogens (tertiary/aromatic N) is 1. The number of nitrogens with two attached hydrogens (primary N) is 1. The zero-order valence-corrected chi connectivity index (χ0v) is 8.71. The van der Waals surface area contributed by atoms with Gasteiger partial charge >= 0.3 is 0 Å². The van der Waals surface area contributed by atoms with E-state index in [4.69, 9.17) is 5.73 Å².